The van der Waals surface area contributed by atoms with Crippen LogP contribution in [0.4, 0.5) is 4.79 Å². The summed E-state index contributed by atoms with van der Waals surface area (Å²) in [4.78, 5) is 18.2. The average molecular weight is 304 g/mol. The summed E-state index contributed by atoms with van der Waals surface area (Å²) in [5, 5.41) is 0. The summed E-state index contributed by atoms with van der Waals surface area (Å²) in [7, 11) is 0. The minimum absolute atomic E-state index is 0.149. The molecule has 22 heavy (non-hydrogen) atoms. The predicted octanol–water partition coefficient (Wildman–Crippen LogP) is 3.25. The molecule has 0 aliphatic carbocycles. The molecule has 1 aromatic rings. The lowest BCUT2D eigenvalue weighted by molar-refractivity contribution is 0.0294. The van der Waals surface area contributed by atoms with E-state index in [1.165, 1.54) is 0 Å². The maximum absolute atomic E-state index is 12.3. The first-order valence-corrected chi connectivity index (χ1v) is 8.15. The maximum Gasteiger partial charge on any atom is 0.410 e. The van der Waals surface area contributed by atoms with E-state index >= 15 is 0 Å². The Hall–Kier alpha value is -1.78. The summed E-state index contributed by atoms with van der Waals surface area (Å²) in [6.45, 7) is 4.60. The molecule has 3 rings (SSSR count). The normalized spacial score (nSPS) is 27.0. The van der Waals surface area contributed by atoms with E-state index in [1.54, 1.807) is 12.4 Å². The average Bonchev–Trinajstić information content (AvgIpc) is 2.77. The fraction of sp³-hybridized carbons (Fsp3) is 0.647. The van der Waals surface area contributed by atoms with Gasteiger partial charge in [0.15, 0.2) is 0 Å². The second-order valence-electron chi connectivity index (χ2n) is 6.66. The van der Waals surface area contributed by atoms with Gasteiger partial charge in [0, 0.05) is 37.3 Å². The van der Waals surface area contributed by atoms with E-state index in [0.29, 0.717) is 12.5 Å². The third kappa shape index (κ3) is 3.34. The first-order chi connectivity index (χ1) is 10.6. The van der Waals surface area contributed by atoms with Crippen LogP contribution in [0.2, 0.25) is 0 Å². The second-order valence-corrected chi connectivity index (χ2v) is 6.66. The molecule has 0 N–H and O–H groups in total. The van der Waals surface area contributed by atoms with Gasteiger partial charge in [0.25, 0.3) is 0 Å². The molecule has 3 heterocycles. The lowest BCUT2D eigenvalue weighted by atomic mass is 10.0. The third-order valence-electron chi connectivity index (χ3n) is 4.39. The first-order valence-electron chi connectivity index (χ1n) is 8.15. The number of fused-ring (bicyclic) bond motifs is 2. The van der Waals surface area contributed by atoms with Crippen LogP contribution in [0, 0.1) is 5.92 Å². The molecule has 2 atom stereocenters. The van der Waals surface area contributed by atoms with E-state index in [4.69, 9.17) is 9.47 Å². The molecule has 2 saturated heterocycles. The molecule has 2 fully saturated rings. The monoisotopic (exact) mass is 304 g/mol. The molecule has 120 valence electrons. The lowest BCUT2D eigenvalue weighted by Crippen LogP contribution is -2.49. The molecule has 1 aromatic heterocycles. The number of pyridine rings is 1. The van der Waals surface area contributed by atoms with Crippen LogP contribution in [-0.4, -0.2) is 40.8 Å². The van der Waals surface area contributed by atoms with Crippen LogP contribution in [0.1, 0.15) is 39.5 Å². The number of carbonyl (C=O) groups excluding carboxylic acids is 1. The van der Waals surface area contributed by atoms with Gasteiger partial charge in [0.05, 0.1) is 6.61 Å². The molecule has 0 aromatic carbocycles. The molecule has 2 aliphatic rings. The molecular formula is C17H24N2O3. The van der Waals surface area contributed by atoms with Crippen molar-refractivity contribution in [2.45, 2.75) is 57.7 Å². The molecule has 5 heteroatoms. The highest BCUT2D eigenvalue weighted by molar-refractivity contribution is 5.69. The summed E-state index contributed by atoms with van der Waals surface area (Å²) < 4.78 is 11.5. The highest BCUT2D eigenvalue weighted by Crippen LogP contribution is 2.37. The number of hydrogen-bond donors (Lipinski definition) is 0. The smallest absolute Gasteiger partial charge is 0.410 e. The van der Waals surface area contributed by atoms with E-state index in [9.17, 15) is 4.79 Å². The van der Waals surface area contributed by atoms with Crippen molar-refractivity contribution in [1.82, 2.24) is 9.88 Å². The number of piperidine rings is 1. The SMILES string of the molecule is CC(C)COC(=O)N1C2CCC1CC(Oc1ccncc1)C2. The quantitative estimate of drug-likeness (QED) is 0.857. The fourth-order valence-corrected chi connectivity index (χ4v) is 3.44. The molecule has 2 unspecified atom stereocenters. The first kappa shape index (κ1) is 15.1. The minimum Gasteiger partial charge on any atom is -0.490 e. The Bertz CT molecular complexity index is 492. The summed E-state index contributed by atoms with van der Waals surface area (Å²) in [5.74, 6) is 1.23. The van der Waals surface area contributed by atoms with Crippen LogP contribution in [0.3, 0.4) is 0 Å². The minimum atomic E-state index is -0.149. The number of ether oxygens (including phenoxy) is 2. The van der Waals surface area contributed by atoms with Gasteiger partial charge in [-0.15, -0.1) is 0 Å². The van der Waals surface area contributed by atoms with Gasteiger partial charge < -0.3 is 14.4 Å². The van der Waals surface area contributed by atoms with Gasteiger partial charge in [0.2, 0.25) is 0 Å². The number of aromatic nitrogens is 1. The molecule has 0 radical (unpaired) electrons. The zero-order valence-electron chi connectivity index (χ0n) is 13.3. The van der Waals surface area contributed by atoms with Gasteiger partial charge in [-0.2, -0.15) is 0 Å². The van der Waals surface area contributed by atoms with Crippen LogP contribution in [0.15, 0.2) is 24.5 Å². The van der Waals surface area contributed by atoms with Crippen LogP contribution in [0.5, 0.6) is 5.75 Å². The number of nitrogens with zero attached hydrogens (tertiary/aromatic N) is 2. The van der Waals surface area contributed by atoms with Crippen LogP contribution >= 0.6 is 0 Å². The van der Waals surface area contributed by atoms with Crippen molar-refractivity contribution >= 4 is 6.09 Å². The Morgan fingerprint density at radius 1 is 1.27 bits per heavy atom. The van der Waals surface area contributed by atoms with E-state index in [1.807, 2.05) is 17.0 Å². The van der Waals surface area contributed by atoms with Crippen molar-refractivity contribution in [1.29, 1.82) is 0 Å². The summed E-state index contributed by atoms with van der Waals surface area (Å²) in [6.07, 6.45) is 7.38. The predicted molar refractivity (Wildman–Crippen MR) is 82.7 cm³/mol. The van der Waals surface area contributed by atoms with Gasteiger partial charge in [-0.25, -0.2) is 4.79 Å². The number of hydrogen-bond acceptors (Lipinski definition) is 4. The van der Waals surface area contributed by atoms with Crippen molar-refractivity contribution in [2.24, 2.45) is 5.92 Å². The Kier molecular flexibility index (Phi) is 4.50. The fourth-order valence-electron chi connectivity index (χ4n) is 3.44. The highest BCUT2D eigenvalue weighted by atomic mass is 16.6. The second kappa shape index (κ2) is 6.55. The van der Waals surface area contributed by atoms with E-state index in [2.05, 4.69) is 18.8 Å². The molecular weight excluding hydrogens is 280 g/mol. The maximum atomic E-state index is 12.3. The van der Waals surface area contributed by atoms with Gasteiger partial charge in [-0.05, 0) is 30.9 Å². The van der Waals surface area contributed by atoms with Crippen molar-refractivity contribution in [3.05, 3.63) is 24.5 Å². The third-order valence-corrected chi connectivity index (χ3v) is 4.39. The topological polar surface area (TPSA) is 51.7 Å². The van der Waals surface area contributed by atoms with Gasteiger partial charge in [-0.1, -0.05) is 13.8 Å². The zero-order chi connectivity index (χ0) is 15.5. The molecule has 1 amide bonds. The van der Waals surface area contributed by atoms with Crippen LogP contribution < -0.4 is 4.74 Å². The standard InChI is InChI=1S/C17H24N2O3/c1-12(2)11-21-17(20)19-13-3-4-14(19)10-16(9-13)22-15-5-7-18-8-6-15/h5-8,12-14,16H,3-4,9-11H2,1-2H3. The summed E-state index contributed by atoms with van der Waals surface area (Å²) in [6, 6.07) is 4.27. The lowest BCUT2D eigenvalue weighted by Gasteiger charge is -2.38. The molecule has 5 nitrogen and oxygen atoms in total. The van der Waals surface area contributed by atoms with Gasteiger partial charge in [-0.3, -0.25) is 4.98 Å². The Labute approximate surface area is 131 Å². The van der Waals surface area contributed by atoms with Crippen molar-refractivity contribution in [2.75, 3.05) is 6.61 Å². The van der Waals surface area contributed by atoms with Gasteiger partial charge >= 0.3 is 6.09 Å². The van der Waals surface area contributed by atoms with Crippen LogP contribution in [0.25, 0.3) is 0 Å². The van der Waals surface area contributed by atoms with Crippen molar-refractivity contribution < 1.29 is 14.3 Å². The zero-order valence-corrected chi connectivity index (χ0v) is 13.3. The number of carbonyl (C=O) groups is 1. The summed E-state index contributed by atoms with van der Waals surface area (Å²) in [5.41, 5.74) is 0. The largest absolute Gasteiger partial charge is 0.490 e. The molecule has 0 spiro atoms. The van der Waals surface area contributed by atoms with E-state index < -0.39 is 0 Å². The molecule has 0 saturated carbocycles. The van der Waals surface area contributed by atoms with E-state index in [0.717, 1.165) is 31.4 Å². The summed E-state index contributed by atoms with van der Waals surface area (Å²) >= 11 is 0. The number of rotatable bonds is 4. The van der Waals surface area contributed by atoms with Crippen molar-refractivity contribution in [3.63, 3.8) is 0 Å². The highest BCUT2D eigenvalue weighted by Gasteiger charge is 2.44. The molecule has 2 bridgehead atoms. The Morgan fingerprint density at radius 2 is 1.91 bits per heavy atom. The molecule has 2 aliphatic heterocycles. The van der Waals surface area contributed by atoms with E-state index in [-0.39, 0.29) is 24.3 Å². The van der Waals surface area contributed by atoms with Crippen molar-refractivity contribution in [3.8, 4) is 5.75 Å². The Balaban J connectivity index is 1.58. The Morgan fingerprint density at radius 3 is 2.50 bits per heavy atom. The van der Waals surface area contributed by atoms with Gasteiger partial charge in [0.1, 0.15) is 11.9 Å². The van der Waals surface area contributed by atoms with Crippen LogP contribution in [-0.2, 0) is 4.74 Å². The number of amides is 1.